The van der Waals surface area contributed by atoms with Crippen LogP contribution in [0, 0.1) is 5.92 Å². The van der Waals surface area contributed by atoms with Crippen LogP contribution >= 0.6 is 0 Å². The van der Waals surface area contributed by atoms with E-state index in [1.807, 2.05) is 35.2 Å². The molecule has 0 unspecified atom stereocenters. The molecule has 1 aliphatic carbocycles. The van der Waals surface area contributed by atoms with Gasteiger partial charge in [-0.2, -0.15) is 0 Å². The molecule has 1 heterocycles. The van der Waals surface area contributed by atoms with Crippen molar-refractivity contribution in [3.05, 3.63) is 30.3 Å². The lowest BCUT2D eigenvalue weighted by molar-refractivity contribution is -0.134. The van der Waals surface area contributed by atoms with E-state index in [1.165, 1.54) is 0 Å². The molecule has 3 rings (SSSR count). The average molecular weight is 274 g/mol. The summed E-state index contributed by atoms with van der Waals surface area (Å²) in [5.74, 6) is 1.66. The second kappa shape index (κ2) is 6.27. The van der Waals surface area contributed by atoms with Gasteiger partial charge in [0.1, 0.15) is 12.4 Å². The van der Waals surface area contributed by atoms with Gasteiger partial charge in [-0.1, -0.05) is 18.2 Å². The van der Waals surface area contributed by atoms with E-state index < -0.39 is 0 Å². The van der Waals surface area contributed by atoms with Crippen LogP contribution < -0.4 is 4.74 Å². The maximum atomic E-state index is 11.9. The number of piperazine rings is 1. The summed E-state index contributed by atoms with van der Waals surface area (Å²) in [7, 11) is 0. The lowest BCUT2D eigenvalue weighted by atomic mass is 10.2. The van der Waals surface area contributed by atoms with Gasteiger partial charge in [-0.15, -0.1) is 0 Å². The van der Waals surface area contributed by atoms with E-state index in [0.29, 0.717) is 18.4 Å². The van der Waals surface area contributed by atoms with Crippen LogP contribution in [0.5, 0.6) is 5.75 Å². The minimum absolute atomic E-state index is 0.350. The zero-order valence-corrected chi connectivity index (χ0v) is 11.8. The first-order valence-corrected chi connectivity index (χ1v) is 7.52. The highest BCUT2D eigenvalue weighted by atomic mass is 16.5. The third kappa shape index (κ3) is 3.51. The van der Waals surface area contributed by atoms with Crippen molar-refractivity contribution in [2.24, 2.45) is 5.92 Å². The van der Waals surface area contributed by atoms with Gasteiger partial charge in [0.25, 0.3) is 0 Å². The molecule has 1 aromatic carbocycles. The number of amides is 1. The zero-order chi connectivity index (χ0) is 13.8. The van der Waals surface area contributed by atoms with Crippen LogP contribution in [-0.4, -0.2) is 55.0 Å². The Hall–Kier alpha value is -1.55. The molecule has 1 amide bonds. The van der Waals surface area contributed by atoms with Crippen LogP contribution in [-0.2, 0) is 4.79 Å². The highest BCUT2D eigenvalue weighted by Gasteiger charge is 2.34. The average Bonchev–Trinajstić information content (AvgIpc) is 3.33. The molecule has 1 saturated carbocycles. The molecule has 2 fully saturated rings. The largest absolute Gasteiger partial charge is 0.492 e. The first-order valence-electron chi connectivity index (χ1n) is 7.52. The Morgan fingerprint density at radius 2 is 1.80 bits per heavy atom. The third-order valence-corrected chi connectivity index (χ3v) is 4.03. The van der Waals surface area contributed by atoms with E-state index in [-0.39, 0.29) is 0 Å². The third-order valence-electron chi connectivity index (χ3n) is 4.03. The van der Waals surface area contributed by atoms with Crippen molar-refractivity contribution in [2.75, 3.05) is 39.3 Å². The molecule has 0 atom stereocenters. The Morgan fingerprint density at radius 3 is 2.45 bits per heavy atom. The van der Waals surface area contributed by atoms with E-state index in [9.17, 15) is 4.79 Å². The maximum absolute atomic E-state index is 11.9. The fraction of sp³-hybridized carbons (Fsp3) is 0.562. The molecule has 0 radical (unpaired) electrons. The lowest BCUT2D eigenvalue weighted by Crippen LogP contribution is -2.50. The molecule has 0 aromatic heterocycles. The molecule has 1 aromatic rings. The van der Waals surface area contributed by atoms with Crippen molar-refractivity contribution >= 4 is 5.91 Å². The Kier molecular flexibility index (Phi) is 4.21. The second-order valence-electron chi connectivity index (χ2n) is 5.60. The molecule has 0 spiro atoms. The van der Waals surface area contributed by atoms with E-state index >= 15 is 0 Å². The van der Waals surface area contributed by atoms with Gasteiger partial charge in [0.2, 0.25) is 5.91 Å². The Balaban J connectivity index is 1.35. The number of benzene rings is 1. The topological polar surface area (TPSA) is 32.8 Å². The molecular weight excluding hydrogens is 252 g/mol. The summed E-state index contributed by atoms with van der Waals surface area (Å²) in [6.45, 7) is 5.33. The van der Waals surface area contributed by atoms with Gasteiger partial charge in [-0.25, -0.2) is 0 Å². The van der Waals surface area contributed by atoms with E-state index in [0.717, 1.165) is 51.3 Å². The molecule has 4 nitrogen and oxygen atoms in total. The quantitative estimate of drug-likeness (QED) is 0.818. The summed E-state index contributed by atoms with van der Waals surface area (Å²) in [6.07, 6.45) is 2.20. The van der Waals surface area contributed by atoms with Gasteiger partial charge in [0, 0.05) is 38.6 Å². The minimum atomic E-state index is 0.350. The van der Waals surface area contributed by atoms with Crippen molar-refractivity contribution in [1.29, 1.82) is 0 Å². The molecule has 0 bridgehead atoms. The zero-order valence-electron chi connectivity index (χ0n) is 11.8. The number of para-hydroxylation sites is 1. The maximum Gasteiger partial charge on any atom is 0.225 e. The first kappa shape index (κ1) is 13.4. The van der Waals surface area contributed by atoms with Crippen LogP contribution in [0.25, 0.3) is 0 Å². The summed E-state index contributed by atoms with van der Waals surface area (Å²) in [6, 6.07) is 9.91. The van der Waals surface area contributed by atoms with Crippen LogP contribution in [0.1, 0.15) is 12.8 Å². The number of carbonyl (C=O) groups is 1. The number of ether oxygens (including phenoxy) is 1. The molecule has 1 saturated heterocycles. The Morgan fingerprint density at radius 1 is 1.10 bits per heavy atom. The molecule has 1 aliphatic heterocycles. The smallest absolute Gasteiger partial charge is 0.225 e. The van der Waals surface area contributed by atoms with E-state index in [4.69, 9.17) is 4.74 Å². The standard InChI is InChI=1S/C16H22N2O2/c19-16(14-6-7-14)18-10-8-17(9-11-18)12-13-20-15-4-2-1-3-5-15/h1-5,14H,6-13H2. The van der Waals surface area contributed by atoms with Crippen LogP contribution in [0.2, 0.25) is 0 Å². The number of hydrogen-bond donors (Lipinski definition) is 0. The number of rotatable bonds is 5. The highest BCUT2D eigenvalue weighted by molar-refractivity contribution is 5.81. The highest BCUT2D eigenvalue weighted by Crippen LogP contribution is 2.31. The second-order valence-corrected chi connectivity index (χ2v) is 5.60. The van der Waals surface area contributed by atoms with Crippen LogP contribution in [0.4, 0.5) is 0 Å². The van der Waals surface area contributed by atoms with Gasteiger partial charge in [-0.3, -0.25) is 9.69 Å². The molecule has 2 aliphatic rings. The van der Waals surface area contributed by atoms with E-state index in [2.05, 4.69) is 4.90 Å². The summed E-state index contributed by atoms with van der Waals surface area (Å²) >= 11 is 0. The summed E-state index contributed by atoms with van der Waals surface area (Å²) in [4.78, 5) is 16.4. The van der Waals surface area contributed by atoms with Crippen LogP contribution in [0.3, 0.4) is 0 Å². The summed E-state index contributed by atoms with van der Waals surface area (Å²) in [5.41, 5.74) is 0. The Labute approximate surface area is 120 Å². The van der Waals surface area contributed by atoms with Crippen molar-refractivity contribution in [3.8, 4) is 5.75 Å². The van der Waals surface area contributed by atoms with Crippen molar-refractivity contribution in [1.82, 2.24) is 9.80 Å². The normalized spacial score (nSPS) is 19.9. The minimum Gasteiger partial charge on any atom is -0.492 e. The van der Waals surface area contributed by atoms with Crippen molar-refractivity contribution in [2.45, 2.75) is 12.8 Å². The van der Waals surface area contributed by atoms with Gasteiger partial charge in [0.05, 0.1) is 0 Å². The first-order chi connectivity index (χ1) is 9.83. The number of carbonyl (C=O) groups excluding carboxylic acids is 1. The van der Waals surface area contributed by atoms with Crippen molar-refractivity contribution < 1.29 is 9.53 Å². The SMILES string of the molecule is O=C(C1CC1)N1CCN(CCOc2ccccc2)CC1. The fourth-order valence-electron chi connectivity index (χ4n) is 2.59. The lowest BCUT2D eigenvalue weighted by Gasteiger charge is -2.34. The monoisotopic (exact) mass is 274 g/mol. The van der Waals surface area contributed by atoms with Crippen molar-refractivity contribution in [3.63, 3.8) is 0 Å². The molecule has 108 valence electrons. The van der Waals surface area contributed by atoms with Gasteiger partial charge in [0.15, 0.2) is 0 Å². The molecule has 0 N–H and O–H groups in total. The molecule has 4 heteroatoms. The van der Waals surface area contributed by atoms with Gasteiger partial charge >= 0.3 is 0 Å². The fourth-order valence-corrected chi connectivity index (χ4v) is 2.59. The number of hydrogen-bond acceptors (Lipinski definition) is 3. The van der Waals surface area contributed by atoms with Gasteiger partial charge < -0.3 is 9.64 Å². The molecule has 20 heavy (non-hydrogen) atoms. The summed E-state index contributed by atoms with van der Waals surface area (Å²) < 4.78 is 5.71. The van der Waals surface area contributed by atoms with Gasteiger partial charge in [-0.05, 0) is 25.0 Å². The Bertz CT molecular complexity index is 437. The van der Waals surface area contributed by atoms with E-state index in [1.54, 1.807) is 0 Å². The summed E-state index contributed by atoms with van der Waals surface area (Å²) in [5, 5.41) is 0. The predicted octanol–water partition coefficient (Wildman–Crippen LogP) is 1.62. The predicted molar refractivity (Wildman–Crippen MR) is 77.7 cm³/mol. The number of nitrogens with zero attached hydrogens (tertiary/aromatic N) is 2. The van der Waals surface area contributed by atoms with Crippen LogP contribution in [0.15, 0.2) is 30.3 Å². The molecular formula is C16H22N2O2.